The van der Waals surface area contributed by atoms with E-state index in [9.17, 15) is 0 Å². The van der Waals surface area contributed by atoms with Crippen molar-refractivity contribution in [3.05, 3.63) is 130 Å². The maximum atomic E-state index is 6.76. The second-order valence-electron chi connectivity index (χ2n) is 13.3. The third kappa shape index (κ3) is 3.88. The summed E-state index contributed by atoms with van der Waals surface area (Å²) in [5.41, 5.74) is 14.1. The Bertz CT molecular complexity index is 2090. The number of quaternary nitrogens is 1. The van der Waals surface area contributed by atoms with E-state index in [1.54, 1.807) is 0 Å². The quantitative estimate of drug-likeness (QED) is 0.208. The van der Waals surface area contributed by atoms with Gasteiger partial charge < -0.3 is 4.74 Å². The largest absolute Gasteiger partial charge is 0.456 e. The first-order chi connectivity index (χ1) is 20.6. The van der Waals surface area contributed by atoms with E-state index in [4.69, 9.17) is 4.74 Å². The van der Waals surface area contributed by atoms with Gasteiger partial charge in [0.25, 0.3) is 0 Å². The molecule has 1 aliphatic carbocycles. The molecule has 0 amide bonds. The van der Waals surface area contributed by atoms with Gasteiger partial charge in [-0.3, -0.25) is 5.32 Å². The molecular weight excluding hydrogens is 543 g/mol. The zero-order chi connectivity index (χ0) is 29.7. The molecule has 2 nitrogen and oxygen atoms in total. The van der Waals surface area contributed by atoms with Crippen molar-refractivity contribution in [2.75, 3.05) is 0 Å². The molecule has 0 saturated carbocycles. The minimum atomic E-state index is -0.136. The predicted molar refractivity (Wildman–Crippen MR) is 181 cm³/mol. The lowest BCUT2D eigenvalue weighted by Gasteiger charge is -2.35. The van der Waals surface area contributed by atoms with Crippen LogP contribution in [0.1, 0.15) is 60.4 Å². The summed E-state index contributed by atoms with van der Waals surface area (Å²) in [5, 5.41) is 3.55. The molecule has 1 aliphatic heterocycles. The molecule has 0 radical (unpaired) electrons. The van der Waals surface area contributed by atoms with Crippen LogP contribution >= 0.6 is 11.3 Å². The minimum Gasteiger partial charge on any atom is -0.456 e. The summed E-state index contributed by atoms with van der Waals surface area (Å²) in [6.45, 7) is 13.7. The van der Waals surface area contributed by atoms with Gasteiger partial charge >= 0.3 is 0 Å². The summed E-state index contributed by atoms with van der Waals surface area (Å²) >= 11 is 1.85. The number of rotatable bonds is 3. The molecular formula is C40H36NOS+. The average molecular weight is 579 g/mol. The van der Waals surface area contributed by atoms with Crippen LogP contribution in [0.4, 0.5) is 11.4 Å². The van der Waals surface area contributed by atoms with E-state index < -0.39 is 0 Å². The molecule has 6 aromatic rings. The highest BCUT2D eigenvalue weighted by atomic mass is 32.1. The smallest absolute Gasteiger partial charge is 0.140 e. The summed E-state index contributed by atoms with van der Waals surface area (Å²) in [6, 6.07) is 35.9. The standard InChI is InChI=1S/C40H35NOS/c1-23-24(2)43-36-20-19-33-38(37(23)36)42-35-21-26(13-18-32(35)40(33,5)6)25-11-14-27(15-12-25)41-28-16-17-30-29-9-7-8-10-31(29)39(3,4)34(30)22-28/h7-22,41H,1-6H3/p+1. The van der Waals surface area contributed by atoms with Crippen LogP contribution in [0.2, 0.25) is 0 Å². The van der Waals surface area contributed by atoms with Gasteiger partial charge in [-0.15, -0.1) is 11.3 Å². The van der Waals surface area contributed by atoms with Crippen molar-refractivity contribution in [3.8, 4) is 33.8 Å². The number of ether oxygens (including phenoxy) is 1. The molecule has 2 N–H and O–H groups in total. The van der Waals surface area contributed by atoms with E-state index in [0.29, 0.717) is 0 Å². The number of fused-ring (bicyclic) bond motifs is 7. The normalized spacial score (nSPS) is 15.4. The first-order valence-electron chi connectivity index (χ1n) is 15.2. The molecule has 0 unspecified atom stereocenters. The van der Waals surface area contributed by atoms with Gasteiger partial charge in [-0.05, 0) is 95.3 Å². The topological polar surface area (TPSA) is 25.8 Å². The molecule has 0 bridgehead atoms. The van der Waals surface area contributed by atoms with Crippen LogP contribution < -0.4 is 10.1 Å². The van der Waals surface area contributed by atoms with Crippen LogP contribution in [0.3, 0.4) is 0 Å². The SMILES string of the molecule is Cc1sc2ccc3c(c2c1C)Oc1cc(-c2ccc([NH2+]c4ccc5c(c4)C(C)(C)c4ccccc4-5)cc2)ccc1C3(C)C. The molecule has 8 rings (SSSR count). The van der Waals surface area contributed by atoms with Gasteiger partial charge in [0.2, 0.25) is 0 Å². The molecule has 3 heteroatoms. The van der Waals surface area contributed by atoms with E-state index in [-0.39, 0.29) is 10.8 Å². The van der Waals surface area contributed by atoms with Gasteiger partial charge in [0.05, 0.1) is 0 Å². The lowest BCUT2D eigenvalue weighted by Crippen LogP contribution is -2.71. The third-order valence-electron chi connectivity index (χ3n) is 10.0. The maximum Gasteiger partial charge on any atom is 0.140 e. The zero-order valence-corrected chi connectivity index (χ0v) is 26.4. The summed E-state index contributed by atoms with van der Waals surface area (Å²) in [7, 11) is 0. The molecule has 2 heterocycles. The van der Waals surface area contributed by atoms with Crippen LogP contribution in [-0.2, 0) is 10.8 Å². The van der Waals surface area contributed by atoms with E-state index in [1.807, 2.05) is 11.3 Å². The fraction of sp³-hybridized carbons (Fsp3) is 0.200. The maximum absolute atomic E-state index is 6.76. The molecule has 5 aromatic carbocycles. The lowest BCUT2D eigenvalue weighted by atomic mass is 9.75. The van der Waals surface area contributed by atoms with Crippen LogP contribution in [-0.4, -0.2) is 0 Å². The highest BCUT2D eigenvalue weighted by Gasteiger charge is 2.37. The van der Waals surface area contributed by atoms with E-state index in [2.05, 4.69) is 144 Å². The Balaban J connectivity index is 1.09. The molecule has 0 fully saturated rings. The van der Waals surface area contributed by atoms with Gasteiger partial charge in [-0.25, -0.2) is 0 Å². The Labute approximate surface area is 258 Å². The van der Waals surface area contributed by atoms with E-state index in [0.717, 1.165) is 11.5 Å². The zero-order valence-electron chi connectivity index (χ0n) is 25.6. The number of nitrogens with two attached hydrogens (primary N) is 1. The van der Waals surface area contributed by atoms with Crippen molar-refractivity contribution in [2.24, 2.45) is 0 Å². The first kappa shape index (κ1) is 26.4. The predicted octanol–water partition coefficient (Wildman–Crippen LogP) is 10.4. The Morgan fingerprint density at radius 1 is 0.605 bits per heavy atom. The Morgan fingerprint density at radius 2 is 1.28 bits per heavy atom. The number of benzene rings is 5. The summed E-state index contributed by atoms with van der Waals surface area (Å²) in [4.78, 5) is 1.36. The fourth-order valence-electron chi connectivity index (χ4n) is 7.35. The number of aryl methyl sites for hydroxylation is 2. The first-order valence-corrected chi connectivity index (χ1v) is 16.0. The second-order valence-corrected chi connectivity index (χ2v) is 14.5. The average Bonchev–Trinajstić information content (AvgIpc) is 3.42. The monoisotopic (exact) mass is 578 g/mol. The lowest BCUT2D eigenvalue weighted by molar-refractivity contribution is -0.478. The van der Waals surface area contributed by atoms with Crippen LogP contribution in [0.15, 0.2) is 97.1 Å². The fourth-order valence-corrected chi connectivity index (χ4v) is 8.42. The van der Waals surface area contributed by atoms with Crippen LogP contribution in [0, 0.1) is 13.8 Å². The Kier molecular flexibility index (Phi) is 5.63. The minimum absolute atomic E-state index is 0.00988. The molecule has 1 aromatic heterocycles. The van der Waals surface area contributed by atoms with E-state index in [1.165, 1.54) is 76.4 Å². The van der Waals surface area contributed by atoms with Gasteiger partial charge in [0, 0.05) is 49.1 Å². The van der Waals surface area contributed by atoms with Crippen molar-refractivity contribution < 1.29 is 10.1 Å². The Morgan fingerprint density at radius 3 is 2.09 bits per heavy atom. The summed E-state index contributed by atoms with van der Waals surface area (Å²) in [5.74, 6) is 1.99. The number of thiophene rings is 1. The number of hydrogen-bond acceptors (Lipinski definition) is 2. The molecule has 212 valence electrons. The molecule has 2 aliphatic rings. The molecule has 0 atom stereocenters. The van der Waals surface area contributed by atoms with Gasteiger partial charge in [0.1, 0.15) is 22.9 Å². The van der Waals surface area contributed by atoms with Crippen LogP contribution in [0.25, 0.3) is 32.3 Å². The Hall–Kier alpha value is -4.18. The summed E-state index contributed by atoms with van der Waals surface area (Å²) in [6.07, 6.45) is 0. The molecule has 43 heavy (non-hydrogen) atoms. The van der Waals surface area contributed by atoms with Gasteiger partial charge in [-0.1, -0.05) is 70.2 Å². The van der Waals surface area contributed by atoms with Crippen molar-refractivity contribution in [3.63, 3.8) is 0 Å². The second kappa shape index (κ2) is 9.16. The van der Waals surface area contributed by atoms with Crippen molar-refractivity contribution in [2.45, 2.75) is 52.4 Å². The van der Waals surface area contributed by atoms with Gasteiger partial charge in [0.15, 0.2) is 0 Å². The summed E-state index contributed by atoms with van der Waals surface area (Å²) < 4.78 is 8.06. The van der Waals surface area contributed by atoms with Crippen LogP contribution in [0.5, 0.6) is 11.5 Å². The highest BCUT2D eigenvalue weighted by Crippen LogP contribution is 2.53. The van der Waals surface area contributed by atoms with Crippen molar-refractivity contribution >= 4 is 32.8 Å². The molecule has 0 spiro atoms. The van der Waals surface area contributed by atoms with Crippen molar-refractivity contribution in [1.82, 2.24) is 0 Å². The highest BCUT2D eigenvalue weighted by molar-refractivity contribution is 7.19. The third-order valence-corrected chi connectivity index (χ3v) is 11.2. The van der Waals surface area contributed by atoms with Gasteiger partial charge in [-0.2, -0.15) is 0 Å². The van der Waals surface area contributed by atoms with E-state index >= 15 is 0 Å². The molecule has 0 saturated heterocycles. The van der Waals surface area contributed by atoms with Crippen molar-refractivity contribution in [1.29, 1.82) is 0 Å². The number of hydrogen-bond donors (Lipinski definition) is 1.